The van der Waals surface area contributed by atoms with Gasteiger partial charge in [-0.1, -0.05) is 30.3 Å². The van der Waals surface area contributed by atoms with Crippen LogP contribution in [0.3, 0.4) is 0 Å². The molecule has 2 atom stereocenters. The quantitative estimate of drug-likeness (QED) is 0.822. The van der Waals surface area contributed by atoms with Crippen LogP contribution in [0.1, 0.15) is 44.1 Å². The molecule has 4 saturated carbocycles. The molecule has 4 aliphatic carbocycles. The highest BCUT2D eigenvalue weighted by atomic mass is 35.5. The molecule has 1 aromatic carbocycles. The maximum atomic E-state index is 6.64. The minimum Gasteiger partial charge on any atom is -0.325 e. The van der Waals surface area contributed by atoms with E-state index in [9.17, 15) is 0 Å². The third-order valence-electron chi connectivity index (χ3n) is 5.49. The maximum absolute atomic E-state index is 6.64. The summed E-state index contributed by atoms with van der Waals surface area (Å²) in [7, 11) is 0. The van der Waals surface area contributed by atoms with E-state index in [-0.39, 0.29) is 17.9 Å². The fourth-order valence-electron chi connectivity index (χ4n) is 5.46. The molecule has 0 radical (unpaired) electrons. The second-order valence-corrected chi connectivity index (χ2v) is 6.97. The van der Waals surface area contributed by atoms with Gasteiger partial charge >= 0.3 is 0 Å². The van der Waals surface area contributed by atoms with Crippen LogP contribution in [-0.2, 0) is 5.41 Å². The monoisotopic (exact) mass is 263 g/mol. The van der Waals surface area contributed by atoms with E-state index in [1.165, 1.54) is 38.5 Å². The fraction of sp³-hybridized carbons (Fsp3) is 0.625. The molecule has 2 unspecified atom stereocenters. The molecule has 4 aliphatic rings. The molecule has 1 nitrogen and oxygen atoms in total. The highest BCUT2D eigenvalue weighted by Gasteiger charge is 2.56. The predicted octanol–water partition coefficient (Wildman–Crippen LogP) is 3.66. The van der Waals surface area contributed by atoms with Gasteiger partial charge in [-0.05, 0) is 61.3 Å². The molecule has 98 valence electrons. The van der Waals surface area contributed by atoms with Crippen molar-refractivity contribution < 1.29 is 0 Å². The minimum atomic E-state index is 0. The Labute approximate surface area is 116 Å². The van der Waals surface area contributed by atoms with Crippen molar-refractivity contribution in [2.24, 2.45) is 17.6 Å². The van der Waals surface area contributed by atoms with Crippen LogP contribution in [0.25, 0.3) is 0 Å². The lowest BCUT2D eigenvalue weighted by Crippen LogP contribution is -2.61. The van der Waals surface area contributed by atoms with E-state index in [4.69, 9.17) is 5.73 Å². The van der Waals surface area contributed by atoms with Crippen molar-refractivity contribution in [3.63, 3.8) is 0 Å². The van der Waals surface area contributed by atoms with E-state index in [1.54, 1.807) is 5.56 Å². The summed E-state index contributed by atoms with van der Waals surface area (Å²) in [6.45, 7) is 0. The summed E-state index contributed by atoms with van der Waals surface area (Å²) >= 11 is 0. The fourth-order valence-corrected chi connectivity index (χ4v) is 5.46. The van der Waals surface area contributed by atoms with Crippen molar-refractivity contribution in [2.45, 2.75) is 49.5 Å². The molecular formula is C16H22ClN. The van der Waals surface area contributed by atoms with Gasteiger partial charge in [0.25, 0.3) is 0 Å². The Bertz CT molecular complexity index is 428. The normalized spacial score (nSPS) is 44.7. The lowest BCUT2D eigenvalue weighted by atomic mass is 9.45. The van der Waals surface area contributed by atoms with Crippen molar-refractivity contribution in [1.29, 1.82) is 0 Å². The van der Waals surface area contributed by atoms with E-state index < -0.39 is 0 Å². The van der Waals surface area contributed by atoms with Crippen LogP contribution >= 0.6 is 12.4 Å². The molecule has 5 rings (SSSR count). The standard InChI is InChI=1S/C16H21N.ClH/c17-16-9-12-6-13(10-16)8-15(7-12,11-16)14-4-2-1-3-5-14;/h1-5,12-13H,6-11,17H2;1H. The van der Waals surface area contributed by atoms with Crippen LogP contribution < -0.4 is 5.73 Å². The second-order valence-electron chi connectivity index (χ2n) is 6.97. The van der Waals surface area contributed by atoms with Gasteiger partial charge in [-0.15, -0.1) is 12.4 Å². The topological polar surface area (TPSA) is 26.0 Å². The maximum Gasteiger partial charge on any atom is 0.0168 e. The van der Waals surface area contributed by atoms with Crippen LogP contribution in [-0.4, -0.2) is 5.54 Å². The van der Waals surface area contributed by atoms with Crippen molar-refractivity contribution >= 4 is 12.4 Å². The highest BCUT2D eigenvalue weighted by Crippen LogP contribution is 2.61. The van der Waals surface area contributed by atoms with E-state index in [0.717, 1.165) is 11.8 Å². The first kappa shape index (κ1) is 12.5. The Morgan fingerprint density at radius 2 is 1.56 bits per heavy atom. The van der Waals surface area contributed by atoms with Crippen LogP contribution in [0, 0.1) is 11.8 Å². The first-order valence-electron chi connectivity index (χ1n) is 7.02. The summed E-state index contributed by atoms with van der Waals surface area (Å²) in [5, 5.41) is 0. The Morgan fingerprint density at radius 3 is 2.11 bits per heavy atom. The summed E-state index contributed by atoms with van der Waals surface area (Å²) in [5.41, 5.74) is 8.80. The molecule has 0 saturated heterocycles. The Morgan fingerprint density at radius 1 is 0.944 bits per heavy atom. The molecular weight excluding hydrogens is 242 g/mol. The van der Waals surface area contributed by atoms with Gasteiger partial charge in [0.1, 0.15) is 0 Å². The Hall–Kier alpha value is -0.530. The van der Waals surface area contributed by atoms with Gasteiger partial charge in [0.05, 0.1) is 0 Å². The summed E-state index contributed by atoms with van der Waals surface area (Å²) in [6.07, 6.45) is 8.06. The molecule has 4 fully saturated rings. The van der Waals surface area contributed by atoms with Gasteiger partial charge in [-0.2, -0.15) is 0 Å². The van der Waals surface area contributed by atoms with Crippen LogP contribution in [0.15, 0.2) is 30.3 Å². The van der Waals surface area contributed by atoms with Crippen LogP contribution in [0.2, 0.25) is 0 Å². The molecule has 2 N–H and O–H groups in total. The zero-order valence-electron chi connectivity index (χ0n) is 10.8. The number of benzene rings is 1. The third kappa shape index (κ3) is 1.71. The molecule has 0 aromatic heterocycles. The number of nitrogens with two attached hydrogens (primary N) is 1. The summed E-state index contributed by atoms with van der Waals surface area (Å²) in [5.74, 6) is 1.81. The smallest absolute Gasteiger partial charge is 0.0168 e. The number of hydrogen-bond donors (Lipinski definition) is 1. The molecule has 0 amide bonds. The second kappa shape index (κ2) is 3.98. The largest absolute Gasteiger partial charge is 0.325 e. The SMILES string of the molecule is Cl.NC12CC3CC(C1)CC(c1ccccc1)(C3)C2. The summed E-state index contributed by atoms with van der Waals surface area (Å²) in [4.78, 5) is 0. The third-order valence-corrected chi connectivity index (χ3v) is 5.49. The lowest BCUT2D eigenvalue weighted by Gasteiger charge is -2.61. The van der Waals surface area contributed by atoms with E-state index in [2.05, 4.69) is 30.3 Å². The molecule has 2 heteroatoms. The van der Waals surface area contributed by atoms with Crippen molar-refractivity contribution in [3.8, 4) is 0 Å². The van der Waals surface area contributed by atoms with Gasteiger partial charge in [-0.25, -0.2) is 0 Å². The summed E-state index contributed by atoms with van der Waals surface area (Å²) < 4.78 is 0. The number of halogens is 1. The van der Waals surface area contributed by atoms with E-state index >= 15 is 0 Å². The molecule has 0 heterocycles. The lowest BCUT2D eigenvalue weighted by molar-refractivity contribution is -0.0227. The predicted molar refractivity (Wildman–Crippen MR) is 77.0 cm³/mol. The minimum absolute atomic E-state index is 0. The van der Waals surface area contributed by atoms with Gasteiger partial charge < -0.3 is 5.73 Å². The van der Waals surface area contributed by atoms with Crippen LogP contribution in [0.5, 0.6) is 0 Å². The Kier molecular flexibility index (Phi) is 2.76. The van der Waals surface area contributed by atoms with Crippen molar-refractivity contribution in [2.75, 3.05) is 0 Å². The average Bonchev–Trinajstić information content (AvgIpc) is 2.27. The Balaban J connectivity index is 0.000001000. The molecule has 0 spiro atoms. The molecule has 0 aliphatic heterocycles. The van der Waals surface area contributed by atoms with Gasteiger partial charge in [-0.3, -0.25) is 0 Å². The molecule has 1 aromatic rings. The highest BCUT2D eigenvalue weighted by molar-refractivity contribution is 5.85. The van der Waals surface area contributed by atoms with E-state index in [1.807, 2.05) is 0 Å². The van der Waals surface area contributed by atoms with Gasteiger partial charge in [0.15, 0.2) is 0 Å². The average molecular weight is 264 g/mol. The molecule has 18 heavy (non-hydrogen) atoms. The zero-order valence-corrected chi connectivity index (χ0v) is 11.6. The van der Waals surface area contributed by atoms with Crippen LogP contribution in [0.4, 0.5) is 0 Å². The zero-order chi connectivity index (χ0) is 11.5. The van der Waals surface area contributed by atoms with Gasteiger partial charge in [0.2, 0.25) is 0 Å². The van der Waals surface area contributed by atoms with Crippen molar-refractivity contribution in [1.82, 2.24) is 0 Å². The number of rotatable bonds is 1. The molecule has 4 bridgehead atoms. The first-order valence-corrected chi connectivity index (χ1v) is 7.02. The van der Waals surface area contributed by atoms with E-state index in [0.29, 0.717) is 5.41 Å². The number of hydrogen-bond acceptors (Lipinski definition) is 1. The van der Waals surface area contributed by atoms with Crippen molar-refractivity contribution in [3.05, 3.63) is 35.9 Å². The van der Waals surface area contributed by atoms with Gasteiger partial charge in [0, 0.05) is 5.54 Å². The first-order chi connectivity index (χ1) is 8.18. The summed E-state index contributed by atoms with van der Waals surface area (Å²) in [6, 6.07) is 11.2.